The maximum absolute atomic E-state index is 12.7. The molecule has 0 unspecified atom stereocenters. The van der Waals surface area contributed by atoms with Crippen molar-refractivity contribution in [1.82, 2.24) is 14.6 Å². The fourth-order valence-electron chi connectivity index (χ4n) is 2.43. The Morgan fingerprint density at radius 1 is 1.42 bits per heavy atom. The summed E-state index contributed by atoms with van der Waals surface area (Å²) in [6.45, 7) is 0.450. The predicted molar refractivity (Wildman–Crippen MR) is 106 cm³/mol. The van der Waals surface area contributed by atoms with Crippen LogP contribution in [0.5, 0.6) is 0 Å². The summed E-state index contributed by atoms with van der Waals surface area (Å²) in [6, 6.07) is -2.84. The lowest BCUT2D eigenvalue weighted by Gasteiger charge is -2.43. The monoisotopic (exact) mass is 497 g/mol. The van der Waals surface area contributed by atoms with Gasteiger partial charge in [-0.1, -0.05) is 5.16 Å². The molecule has 1 aromatic heterocycles. The molecule has 1 aromatic rings. The van der Waals surface area contributed by atoms with E-state index in [1.54, 1.807) is 0 Å². The summed E-state index contributed by atoms with van der Waals surface area (Å²) in [4.78, 5) is 55.8. The Balaban J connectivity index is 2.21. The highest BCUT2D eigenvalue weighted by molar-refractivity contribution is 7.84. The molecule has 0 bridgehead atoms. The molecule has 0 aliphatic carbocycles. The highest BCUT2D eigenvalue weighted by Crippen LogP contribution is 2.24. The van der Waals surface area contributed by atoms with Crippen molar-refractivity contribution in [3.8, 4) is 0 Å². The summed E-state index contributed by atoms with van der Waals surface area (Å²) in [5.74, 6) is -3.75. The van der Waals surface area contributed by atoms with Crippen molar-refractivity contribution in [1.29, 1.82) is 0 Å². The topological polar surface area (TPSA) is 194 Å². The molecule has 2 atom stereocenters. The molecule has 1 saturated heterocycles. The quantitative estimate of drug-likeness (QED) is 0.0924. The lowest BCUT2D eigenvalue weighted by Crippen LogP contribution is -2.73. The van der Waals surface area contributed by atoms with Gasteiger partial charge in [-0.3, -0.25) is 23.7 Å². The van der Waals surface area contributed by atoms with Crippen LogP contribution >= 0.6 is 22.9 Å². The number of halogens is 1. The van der Waals surface area contributed by atoms with E-state index in [0.717, 1.165) is 25.4 Å². The van der Waals surface area contributed by atoms with E-state index in [9.17, 15) is 32.1 Å². The summed E-state index contributed by atoms with van der Waals surface area (Å²) in [7, 11) is -3.80. The molecule has 1 aliphatic heterocycles. The molecule has 1 aliphatic rings. The predicted octanol–water partition coefficient (Wildman–Crippen LogP) is -1.27. The van der Waals surface area contributed by atoms with Crippen LogP contribution in [0.25, 0.3) is 0 Å². The summed E-state index contributed by atoms with van der Waals surface area (Å²) in [5.41, 5.74) is -0.418. The van der Waals surface area contributed by atoms with Gasteiger partial charge in [0.15, 0.2) is 10.8 Å². The molecule has 14 nitrogen and oxygen atoms in total. The van der Waals surface area contributed by atoms with Gasteiger partial charge < -0.3 is 20.2 Å². The maximum atomic E-state index is 12.7. The number of esters is 1. The van der Waals surface area contributed by atoms with Crippen molar-refractivity contribution >= 4 is 67.8 Å². The zero-order chi connectivity index (χ0) is 23.3. The molecular weight excluding hydrogens is 482 g/mol. The first kappa shape index (κ1) is 24.4. The average Bonchev–Trinajstić information content (AvgIpc) is 3.13. The van der Waals surface area contributed by atoms with Gasteiger partial charge in [0, 0.05) is 12.3 Å². The Kier molecular flexibility index (Phi) is 7.88. The van der Waals surface area contributed by atoms with Gasteiger partial charge in [-0.15, -0.1) is 22.9 Å². The number of aromatic nitrogens is 1. The molecule has 3 amide bonds. The SMILES string of the molecule is CON=C(C(=O)N[C@@H]1C(=O)N(S(=O)(=O)O)[C@@H]1COC(C)=O)c1csc(NC(=O)CCl)n1. The molecule has 17 heteroatoms. The highest BCUT2D eigenvalue weighted by atomic mass is 35.5. The number of oxime groups is 1. The summed E-state index contributed by atoms with van der Waals surface area (Å²) in [6.07, 6.45) is 0. The number of carbonyl (C=O) groups excluding carboxylic acids is 4. The van der Waals surface area contributed by atoms with Crippen molar-refractivity contribution in [3.05, 3.63) is 11.1 Å². The Bertz CT molecular complexity index is 1030. The number of amides is 3. The number of ether oxygens (including phenoxy) is 1. The first-order valence-corrected chi connectivity index (χ1v) is 11.0. The molecule has 0 saturated carbocycles. The van der Waals surface area contributed by atoms with Gasteiger partial charge in [0.05, 0.1) is 0 Å². The van der Waals surface area contributed by atoms with E-state index in [1.807, 2.05) is 0 Å². The molecular formula is C14H16ClN5O9S2. The Morgan fingerprint density at radius 3 is 2.65 bits per heavy atom. The van der Waals surface area contributed by atoms with E-state index < -0.39 is 58.4 Å². The summed E-state index contributed by atoms with van der Waals surface area (Å²) < 4.78 is 36.8. The fraction of sp³-hybridized carbons (Fsp3) is 0.429. The van der Waals surface area contributed by atoms with Gasteiger partial charge >= 0.3 is 16.3 Å². The molecule has 3 N–H and O–H groups in total. The molecule has 0 radical (unpaired) electrons. The molecule has 0 aromatic carbocycles. The van der Waals surface area contributed by atoms with Gasteiger partial charge in [-0.2, -0.15) is 8.42 Å². The van der Waals surface area contributed by atoms with E-state index in [0.29, 0.717) is 0 Å². The molecule has 1 fully saturated rings. The first-order chi connectivity index (χ1) is 14.5. The van der Waals surface area contributed by atoms with Crippen LogP contribution in [0, 0.1) is 0 Å². The fourth-order valence-corrected chi connectivity index (χ4v) is 4.07. The van der Waals surface area contributed by atoms with Crippen LogP contribution in [0.15, 0.2) is 10.5 Å². The van der Waals surface area contributed by atoms with Crippen LogP contribution in [0.3, 0.4) is 0 Å². The number of alkyl halides is 1. The number of β-lactam (4-membered cyclic amide) rings is 1. The highest BCUT2D eigenvalue weighted by Gasteiger charge is 2.54. The van der Waals surface area contributed by atoms with Crippen LogP contribution < -0.4 is 10.6 Å². The molecule has 0 spiro atoms. The van der Waals surface area contributed by atoms with Crippen molar-refractivity contribution in [2.45, 2.75) is 19.0 Å². The molecule has 2 rings (SSSR count). The number of anilines is 1. The van der Waals surface area contributed by atoms with Crippen molar-refractivity contribution < 1.29 is 41.7 Å². The largest absolute Gasteiger partial charge is 0.464 e. The van der Waals surface area contributed by atoms with Gasteiger partial charge in [0.1, 0.15) is 37.4 Å². The minimum atomic E-state index is -4.95. The van der Waals surface area contributed by atoms with Crippen LogP contribution in [0.1, 0.15) is 12.6 Å². The van der Waals surface area contributed by atoms with Gasteiger partial charge in [-0.05, 0) is 0 Å². The number of carbonyl (C=O) groups is 4. The van der Waals surface area contributed by atoms with Crippen LogP contribution in [-0.4, -0.2) is 83.3 Å². The normalized spacial score (nSPS) is 18.8. The summed E-state index contributed by atoms with van der Waals surface area (Å²) in [5, 5.41) is 9.64. The third kappa shape index (κ3) is 5.87. The third-order valence-electron chi connectivity index (χ3n) is 3.67. The number of hydrogen-bond donors (Lipinski definition) is 3. The third-order valence-corrected chi connectivity index (χ3v) is 5.62. The van der Waals surface area contributed by atoms with E-state index in [4.69, 9.17) is 16.3 Å². The van der Waals surface area contributed by atoms with E-state index in [2.05, 4.69) is 25.6 Å². The Hall–Kier alpha value is -2.82. The minimum absolute atomic E-state index is 0.0239. The molecule has 31 heavy (non-hydrogen) atoms. The Labute approximate surface area is 184 Å². The van der Waals surface area contributed by atoms with Crippen LogP contribution in [0.4, 0.5) is 5.13 Å². The number of rotatable bonds is 9. The van der Waals surface area contributed by atoms with Crippen molar-refractivity contribution in [2.24, 2.45) is 5.16 Å². The lowest BCUT2D eigenvalue weighted by molar-refractivity contribution is -0.154. The van der Waals surface area contributed by atoms with Gasteiger partial charge in [-0.25, -0.2) is 9.29 Å². The minimum Gasteiger partial charge on any atom is -0.464 e. The number of thiazole rings is 1. The zero-order valence-corrected chi connectivity index (χ0v) is 18.3. The lowest BCUT2D eigenvalue weighted by atomic mass is 9.99. The van der Waals surface area contributed by atoms with Crippen LogP contribution in [0.2, 0.25) is 0 Å². The van der Waals surface area contributed by atoms with E-state index in [1.165, 1.54) is 5.38 Å². The van der Waals surface area contributed by atoms with Gasteiger partial charge in [0.25, 0.3) is 11.8 Å². The summed E-state index contributed by atoms with van der Waals surface area (Å²) >= 11 is 6.35. The number of nitrogens with one attached hydrogen (secondary N) is 2. The van der Waals surface area contributed by atoms with E-state index in [-0.39, 0.29) is 21.0 Å². The van der Waals surface area contributed by atoms with Gasteiger partial charge in [0.2, 0.25) is 5.91 Å². The number of hydrogen-bond acceptors (Lipinski definition) is 11. The molecule has 170 valence electrons. The number of nitrogens with zero attached hydrogens (tertiary/aromatic N) is 3. The standard InChI is InChI=1S/C14H16ClN5O9S2/c1-6(21)29-4-8-11(13(24)20(8)31(25,26)27)18-12(23)10(19-28-2)7-5-30-14(16-7)17-9(22)3-15/h5,8,11H,3-4H2,1-2H3,(H,18,23)(H,16,17,22)(H,25,26,27)/t8-,11+/m1/s1. The average molecular weight is 498 g/mol. The second-order valence-corrected chi connectivity index (χ2v) is 8.19. The molecule has 2 heterocycles. The van der Waals surface area contributed by atoms with Crippen molar-refractivity contribution in [2.75, 3.05) is 24.9 Å². The second kappa shape index (κ2) is 9.99. The van der Waals surface area contributed by atoms with E-state index >= 15 is 0 Å². The maximum Gasteiger partial charge on any atom is 0.362 e. The zero-order valence-electron chi connectivity index (χ0n) is 15.9. The smallest absolute Gasteiger partial charge is 0.362 e. The van der Waals surface area contributed by atoms with Crippen LogP contribution in [-0.2, 0) is 39.1 Å². The second-order valence-electron chi connectivity index (χ2n) is 5.78. The first-order valence-electron chi connectivity index (χ1n) is 8.17. The Morgan fingerprint density at radius 2 is 2.10 bits per heavy atom. The van der Waals surface area contributed by atoms with Crippen molar-refractivity contribution in [3.63, 3.8) is 0 Å².